The van der Waals surface area contributed by atoms with Gasteiger partial charge in [-0.15, -0.1) is 0 Å². The van der Waals surface area contributed by atoms with Crippen molar-refractivity contribution in [3.63, 3.8) is 0 Å². The van der Waals surface area contributed by atoms with Crippen LogP contribution in [-0.2, 0) is 4.74 Å². The predicted molar refractivity (Wildman–Crippen MR) is 55.4 cm³/mol. The molecule has 0 radical (unpaired) electrons. The molecule has 0 spiro atoms. The fourth-order valence-corrected chi connectivity index (χ4v) is 1.60. The van der Waals surface area contributed by atoms with Gasteiger partial charge < -0.3 is 15.2 Å². The molecule has 2 unspecified atom stereocenters. The first kappa shape index (κ1) is 10.9. The smallest absolute Gasteiger partial charge is 0.141 e. The van der Waals surface area contributed by atoms with Gasteiger partial charge in [0.25, 0.3) is 0 Å². The molecule has 5 heteroatoms. The van der Waals surface area contributed by atoms with Gasteiger partial charge >= 0.3 is 0 Å². The summed E-state index contributed by atoms with van der Waals surface area (Å²) < 4.78 is 18.1. The molecule has 16 heavy (non-hydrogen) atoms. The zero-order valence-corrected chi connectivity index (χ0v) is 8.48. The Morgan fingerprint density at radius 3 is 2.94 bits per heavy atom. The standard InChI is InChI=1S/C11H11FN2O2/c12-9-2-1-8(3-7(9)4-13)14-10-5-16-6-11(10)15/h1-3,10-11,14-15H,5-6H2. The van der Waals surface area contributed by atoms with E-state index < -0.39 is 11.9 Å². The zero-order chi connectivity index (χ0) is 11.5. The number of aliphatic hydroxyl groups excluding tert-OH is 1. The zero-order valence-electron chi connectivity index (χ0n) is 8.48. The summed E-state index contributed by atoms with van der Waals surface area (Å²) in [6, 6.07) is 5.72. The van der Waals surface area contributed by atoms with Crippen LogP contribution in [0.3, 0.4) is 0 Å². The van der Waals surface area contributed by atoms with Gasteiger partial charge in [-0.1, -0.05) is 0 Å². The van der Waals surface area contributed by atoms with Crippen molar-refractivity contribution in [2.75, 3.05) is 18.5 Å². The number of nitrogens with zero attached hydrogens (tertiary/aromatic N) is 1. The maximum atomic E-state index is 13.0. The summed E-state index contributed by atoms with van der Waals surface area (Å²) in [5, 5.41) is 21.2. The second-order valence-electron chi connectivity index (χ2n) is 3.66. The van der Waals surface area contributed by atoms with Crippen molar-refractivity contribution in [2.24, 2.45) is 0 Å². The van der Waals surface area contributed by atoms with Crippen molar-refractivity contribution in [3.8, 4) is 6.07 Å². The minimum absolute atomic E-state index is 0.0154. The van der Waals surface area contributed by atoms with Gasteiger partial charge in [-0.3, -0.25) is 0 Å². The first-order valence-electron chi connectivity index (χ1n) is 4.92. The van der Waals surface area contributed by atoms with Crippen LogP contribution in [0.2, 0.25) is 0 Å². The average molecular weight is 222 g/mol. The number of ether oxygens (including phenoxy) is 1. The molecule has 1 aromatic rings. The minimum Gasteiger partial charge on any atom is -0.388 e. The van der Waals surface area contributed by atoms with Crippen molar-refractivity contribution in [2.45, 2.75) is 12.1 Å². The number of nitrogens with one attached hydrogen (secondary N) is 1. The third-order valence-electron chi connectivity index (χ3n) is 2.49. The second-order valence-corrected chi connectivity index (χ2v) is 3.66. The number of benzene rings is 1. The third-order valence-corrected chi connectivity index (χ3v) is 2.49. The Morgan fingerprint density at radius 1 is 1.50 bits per heavy atom. The molecule has 1 fully saturated rings. The second kappa shape index (κ2) is 4.47. The van der Waals surface area contributed by atoms with Crippen LogP contribution in [0.1, 0.15) is 5.56 Å². The number of anilines is 1. The summed E-state index contributed by atoms with van der Waals surface area (Å²) >= 11 is 0. The molecular formula is C11H11FN2O2. The van der Waals surface area contributed by atoms with E-state index in [4.69, 9.17) is 10.00 Å². The largest absolute Gasteiger partial charge is 0.388 e. The number of nitriles is 1. The maximum absolute atomic E-state index is 13.0. The molecule has 1 aliphatic rings. The number of hydrogen-bond donors (Lipinski definition) is 2. The van der Waals surface area contributed by atoms with E-state index in [2.05, 4.69) is 5.32 Å². The third kappa shape index (κ3) is 2.13. The van der Waals surface area contributed by atoms with Crippen LogP contribution in [0, 0.1) is 17.1 Å². The fraction of sp³-hybridized carbons (Fsp3) is 0.364. The molecule has 2 atom stereocenters. The fourth-order valence-electron chi connectivity index (χ4n) is 1.60. The highest BCUT2D eigenvalue weighted by atomic mass is 19.1. The van der Waals surface area contributed by atoms with Gasteiger partial charge in [0.1, 0.15) is 11.9 Å². The van der Waals surface area contributed by atoms with Crippen LogP contribution in [-0.4, -0.2) is 30.5 Å². The van der Waals surface area contributed by atoms with Gasteiger partial charge in [-0.2, -0.15) is 5.26 Å². The lowest BCUT2D eigenvalue weighted by Gasteiger charge is -2.15. The number of halogens is 1. The minimum atomic E-state index is -0.574. The van der Waals surface area contributed by atoms with Gasteiger partial charge in [-0.05, 0) is 18.2 Å². The van der Waals surface area contributed by atoms with Gasteiger partial charge in [0, 0.05) is 5.69 Å². The predicted octanol–water partition coefficient (Wildman–Crippen LogP) is 0.869. The topological polar surface area (TPSA) is 65.3 Å². The Bertz CT molecular complexity index is 430. The van der Waals surface area contributed by atoms with Crippen molar-refractivity contribution in [3.05, 3.63) is 29.6 Å². The lowest BCUT2D eigenvalue weighted by Crippen LogP contribution is -2.31. The van der Waals surface area contributed by atoms with E-state index in [0.29, 0.717) is 18.9 Å². The summed E-state index contributed by atoms with van der Waals surface area (Å²) in [5.41, 5.74) is 0.589. The molecule has 4 nitrogen and oxygen atoms in total. The highest BCUT2D eigenvalue weighted by Gasteiger charge is 2.25. The summed E-state index contributed by atoms with van der Waals surface area (Å²) in [7, 11) is 0. The molecule has 1 aliphatic heterocycles. The average Bonchev–Trinajstić information content (AvgIpc) is 2.67. The molecular weight excluding hydrogens is 211 g/mol. The van der Waals surface area contributed by atoms with E-state index in [-0.39, 0.29) is 11.6 Å². The van der Waals surface area contributed by atoms with Gasteiger partial charge in [-0.25, -0.2) is 4.39 Å². The quantitative estimate of drug-likeness (QED) is 0.779. The monoisotopic (exact) mass is 222 g/mol. The van der Waals surface area contributed by atoms with Gasteiger partial charge in [0.2, 0.25) is 0 Å². The Labute approximate surface area is 92.3 Å². The van der Waals surface area contributed by atoms with Gasteiger partial charge in [0.15, 0.2) is 0 Å². The van der Waals surface area contributed by atoms with E-state index in [1.807, 2.05) is 0 Å². The number of rotatable bonds is 2. The van der Waals surface area contributed by atoms with Gasteiger partial charge in [0.05, 0.1) is 30.9 Å². The normalized spacial score (nSPS) is 24.1. The molecule has 0 aliphatic carbocycles. The van der Waals surface area contributed by atoms with Crippen molar-refractivity contribution < 1.29 is 14.2 Å². The summed E-state index contributed by atoms with van der Waals surface area (Å²) in [4.78, 5) is 0. The molecule has 2 rings (SSSR count). The van der Waals surface area contributed by atoms with Crippen LogP contribution in [0.4, 0.5) is 10.1 Å². The first-order chi connectivity index (χ1) is 7.70. The summed E-state index contributed by atoms with van der Waals surface area (Å²) in [6.07, 6.45) is -0.574. The molecule has 2 N–H and O–H groups in total. The Morgan fingerprint density at radius 2 is 2.31 bits per heavy atom. The Balaban J connectivity index is 2.13. The van der Waals surface area contributed by atoms with Crippen molar-refractivity contribution in [1.29, 1.82) is 5.26 Å². The molecule has 84 valence electrons. The van der Waals surface area contributed by atoms with E-state index >= 15 is 0 Å². The maximum Gasteiger partial charge on any atom is 0.141 e. The highest BCUT2D eigenvalue weighted by Crippen LogP contribution is 2.17. The van der Waals surface area contributed by atoms with Crippen molar-refractivity contribution >= 4 is 5.69 Å². The SMILES string of the molecule is N#Cc1cc(NC2COCC2O)ccc1F. The van der Waals surface area contributed by atoms with E-state index in [1.54, 1.807) is 6.07 Å². The van der Waals surface area contributed by atoms with Crippen molar-refractivity contribution in [1.82, 2.24) is 0 Å². The van der Waals surface area contributed by atoms with Crippen LogP contribution < -0.4 is 5.32 Å². The first-order valence-corrected chi connectivity index (χ1v) is 4.92. The lowest BCUT2D eigenvalue weighted by molar-refractivity contribution is 0.125. The van der Waals surface area contributed by atoms with Crippen LogP contribution >= 0.6 is 0 Å². The number of hydrogen-bond acceptors (Lipinski definition) is 4. The van der Waals surface area contributed by atoms with Crippen LogP contribution in [0.15, 0.2) is 18.2 Å². The van der Waals surface area contributed by atoms with E-state index in [9.17, 15) is 9.50 Å². The summed E-state index contributed by atoms with van der Waals surface area (Å²) in [5.74, 6) is -0.545. The molecule has 1 aromatic carbocycles. The highest BCUT2D eigenvalue weighted by molar-refractivity contribution is 5.50. The lowest BCUT2D eigenvalue weighted by atomic mass is 10.1. The molecule has 1 saturated heterocycles. The summed E-state index contributed by atoms with van der Waals surface area (Å²) in [6.45, 7) is 0.699. The molecule has 0 bridgehead atoms. The molecule has 0 saturated carbocycles. The van der Waals surface area contributed by atoms with E-state index in [1.165, 1.54) is 18.2 Å². The van der Waals surface area contributed by atoms with E-state index in [0.717, 1.165) is 0 Å². The molecule has 0 aromatic heterocycles. The Hall–Kier alpha value is -1.64. The molecule has 0 amide bonds. The van der Waals surface area contributed by atoms with Crippen LogP contribution in [0.25, 0.3) is 0 Å². The molecule has 1 heterocycles. The number of aliphatic hydroxyl groups is 1. The Kier molecular flexibility index (Phi) is 3.04. The van der Waals surface area contributed by atoms with Crippen LogP contribution in [0.5, 0.6) is 0 Å².